The molecule has 0 radical (unpaired) electrons. The van der Waals surface area contributed by atoms with Crippen LogP contribution in [0, 0.1) is 20.8 Å². The van der Waals surface area contributed by atoms with E-state index in [2.05, 4.69) is 56.6 Å². The summed E-state index contributed by atoms with van der Waals surface area (Å²) < 4.78 is 8.96. The zero-order valence-corrected chi connectivity index (χ0v) is 22.1. The predicted octanol–water partition coefficient (Wildman–Crippen LogP) is 6.45. The van der Waals surface area contributed by atoms with Gasteiger partial charge in [-0.15, -0.1) is 10.2 Å². The number of nitrogens with one attached hydrogen (secondary N) is 1. The number of anilines is 1. The molecular weight excluding hydrogens is 512 g/mol. The Labute approximate surface area is 212 Å². The van der Waals surface area contributed by atoms with Gasteiger partial charge in [0.05, 0.1) is 11.4 Å². The van der Waals surface area contributed by atoms with Crippen LogP contribution in [-0.4, -0.2) is 26.4 Å². The number of carbonyl (C=O) groups excluding carboxylic acids is 1. The number of hydrogen-bond acceptors (Lipinski definition) is 5. The molecule has 0 aliphatic heterocycles. The van der Waals surface area contributed by atoms with Gasteiger partial charge in [-0.3, -0.25) is 4.79 Å². The SMILES string of the molecule is CCn1c(COc2ccc3ccccc3c2C)nnc1SCC(=O)Nc1cc(C)c(C)cc1Br. The van der Waals surface area contributed by atoms with E-state index in [1.807, 2.05) is 55.7 Å². The average molecular weight is 539 g/mol. The van der Waals surface area contributed by atoms with E-state index in [1.54, 1.807) is 0 Å². The van der Waals surface area contributed by atoms with E-state index in [9.17, 15) is 4.79 Å². The van der Waals surface area contributed by atoms with Crippen LogP contribution in [0.25, 0.3) is 10.8 Å². The van der Waals surface area contributed by atoms with E-state index in [4.69, 9.17) is 4.74 Å². The molecule has 1 heterocycles. The lowest BCUT2D eigenvalue weighted by atomic mass is 10.0. The summed E-state index contributed by atoms with van der Waals surface area (Å²) in [4.78, 5) is 12.6. The largest absolute Gasteiger partial charge is 0.485 e. The fourth-order valence-electron chi connectivity index (χ4n) is 3.75. The first kappa shape index (κ1) is 24.3. The average Bonchev–Trinajstić information content (AvgIpc) is 3.22. The third-order valence-corrected chi connectivity index (χ3v) is 7.43. The van der Waals surface area contributed by atoms with Gasteiger partial charge in [0.1, 0.15) is 12.4 Å². The summed E-state index contributed by atoms with van der Waals surface area (Å²) >= 11 is 4.89. The maximum atomic E-state index is 12.6. The van der Waals surface area contributed by atoms with Crippen LogP contribution < -0.4 is 10.1 Å². The Bertz CT molecular complexity index is 1350. The maximum absolute atomic E-state index is 12.6. The molecule has 1 aromatic heterocycles. The number of aryl methyl sites for hydroxylation is 3. The molecule has 0 aliphatic rings. The number of aromatic nitrogens is 3. The van der Waals surface area contributed by atoms with Crippen molar-refractivity contribution in [2.24, 2.45) is 0 Å². The lowest BCUT2D eigenvalue weighted by Gasteiger charge is -2.12. The highest BCUT2D eigenvalue weighted by Crippen LogP contribution is 2.29. The minimum Gasteiger partial charge on any atom is -0.485 e. The second kappa shape index (κ2) is 10.6. The van der Waals surface area contributed by atoms with E-state index in [-0.39, 0.29) is 11.7 Å². The standard InChI is InChI=1S/C26H27BrN4O2S/c1-5-31-24(14-33-23-11-10-19-8-6-7-9-20(19)18(23)4)29-30-26(31)34-15-25(32)28-22-13-17(3)16(2)12-21(22)27/h6-13H,5,14-15H2,1-4H3,(H,28,32). The van der Waals surface area contributed by atoms with E-state index in [0.29, 0.717) is 18.3 Å². The Balaban J connectivity index is 1.40. The van der Waals surface area contributed by atoms with Gasteiger partial charge < -0.3 is 14.6 Å². The minimum absolute atomic E-state index is 0.0933. The summed E-state index contributed by atoms with van der Waals surface area (Å²) in [5.41, 5.74) is 4.17. The van der Waals surface area contributed by atoms with Crippen molar-refractivity contribution in [1.82, 2.24) is 14.8 Å². The molecule has 0 aliphatic carbocycles. The number of halogens is 1. The first-order valence-electron chi connectivity index (χ1n) is 11.1. The number of ether oxygens (including phenoxy) is 1. The van der Waals surface area contributed by atoms with Crippen LogP contribution in [0.5, 0.6) is 5.75 Å². The van der Waals surface area contributed by atoms with Crippen molar-refractivity contribution < 1.29 is 9.53 Å². The lowest BCUT2D eigenvalue weighted by molar-refractivity contribution is -0.113. The Kier molecular flexibility index (Phi) is 7.58. The number of thioether (sulfide) groups is 1. The molecule has 3 aromatic carbocycles. The molecule has 0 bridgehead atoms. The van der Waals surface area contributed by atoms with Gasteiger partial charge in [-0.2, -0.15) is 0 Å². The molecule has 1 amide bonds. The van der Waals surface area contributed by atoms with Crippen LogP contribution in [0.3, 0.4) is 0 Å². The monoisotopic (exact) mass is 538 g/mol. The van der Waals surface area contributed by atoms with Gasteiger partial charge in [-0.25, -0.2) is 0 Å². The molecular formula is C26H27BrN4O2S. The molecule has 0 spiro atoms. The fraction of sp³-hybridized carbons (Fsp3) is 0.269. The van der Waals surface area contributed by atoms with Gasteiger partial charge in [0.2, 0.25) is 5.91 Å². The Morgan fingerprint density at radius 3 is 2.65 bits per heavy atom. The quantitative estimate of drug-likeness (QED) is 0.261. The van der Waals surface area contributed by atoms with Crippen molar-refractivity contribution in [3.8, 4) is 5.75 Å². The van der Waals surface area contributed by atoms with Gasteiger partial charge in [-0.1, -0.05) is 42.1 Å². The minimum atomic E-state index is -0.0933. The molecule has 176 valence electrons. The first-order valence-corrected chi connectivity index (χ1v) is 12.9. The fourth-order valence-corrected chi connectivity index (χ4v) is 5.13. The van der Waals surface area contributed by atoms with Crippen molar-refractivity contribution in [3.05, 3.63) is 75.5 Å². The van der Waals surface area contributed by atoms with E-state index < -0.39 is 0 Å². The molecule has 0 fully saturated rings. The van der Waals surface area contributed by atoms with Gasteiger partial charge in [-0.05, 0) is 89.3 Å². The number of benzene rings is 3. The van der Waals surface area contributed by atoms with Crippen molar-refractivity contribution in [3.63, 3.8) is 0 Å². The third kappa shape index (κ3) is 5.28. The summed E-state index contributed by atoms with van der Waals surface area (Å²) in [6.45, 7) is 9.17. The molecule has 8 heteroatoms. The number of nitrogens with zero attached hydrogens (tertiary/aromatic N) is 3. The number of amides is 1. The van der Waals surface area contributed by atoms with Crippen LogP contribution in [-0.2, 0) is 17.9 Å². The second-order valence-corrected chi connectivity index (χ2v) is 9.89. The van der Waals surface area contributed by atoms with E-state index in [1.165, 1.54) is 28.1 Å². The first-order chi connectivity index (χ1) is 16.4. The molecule has 4 rings (SSSR count). The van der Waals surface area contributed by atoms with Gasteiger partial charge >= 0.3 is 0 Å². The molecule has 0 saturated heterocycles. The summed E-state index contributed by atoms with van der Waals surface area (Å²) in [7, 11) is 0. The van der Waals surface area contributed by atoms with Crippen molar-refractivity contribution in [2.75, 3.05) is 11.1 Å². The zero-order valence-electron chi connectivity index (χ0n) is 19.7. The Morgan fingerprint density at radius 1 is 1.09 bits per heavy atom. The summed E-state index contributed by atoms with van der Waals surface area (Å²) in [6, 6.07) is 16.3. The van der Waals surface area contributed by atoms with Crippen molar-refractivity contribution in [1.29, 1.82) is 0 Å². The molecule has 0 atom stereocenters. The van der Waals surface area contributed by atoms with Crippen LogP contribution >= 0.6 is 27.7 Å². The summed E-state index contributed by atoms with van der Waals surface area (Å²) in [5.74, 6) is 1.71. The Hall–Kier alpha value is -2.84. The smallest absolute Gasteiger partial charge is 0.234 e. The zero-order chi connectivity index (χ0) is 24.2. The van der Waals surface area contributed by atoms with Crippen LogP contribution in [0.2, 0.25) is 0 Å². The van der Waals surface area contributed by atoms with Crippen molar-refractivity contribution >= 4 is 50.1 Å². The molecule has 4 aromatic rings. The normalized spacial score (nSPS) is 11.1. The molecule has 0 saturated carbocycles. The van der Waals surface area contributed by atoms with Gasteiger partial charge in [0, 0.05) is 11.0 Å². The number of fused-ring (bicyclic) bond motifs is 1. The van der Waals surface area contributed by atoms with Crippen molar-refractivity contribution in [2.45, 2.75) is 46.0 Å². The number of carbonyl (C=O) groups is 1. The summed E-state index contributed by atoms with van der Waals surface area (Å²) in [5, 5.41) is 14.7. The predicted molar refractivity (Wildman–Crippen MR) is 142 cm³/mol. The highest BCUT2D eigenvalue weighted by atomic mass is 79.9. The van der Waals surface area contributed by atoms with Crippen LogP contribution in [0.15, 0.2) is 58.2 Å². The van der Waals surface area contributed by atoms with E-state index >= 15 is 0 Å². The van der Waals surface area contributed by atoms with E-state index in [0.717, 1.165) is 32.9 Å². The molecule has 6 nitrogen and oxygen atoms in total. The van der Waals surface area contributed by atoms with Crippen LogP contribution in [0.1, 0.15) is 29.4 Å². The second-order valence-electron chi connectivity index (χ2n) is 8.09. The lowest BCUT2D eigenvalue weighted by Crippen LogP contribution is -2.15. The number of hydrogen-bond donors (Lipinski definition) is 1. The molecule has 0 unspecified atom stereocenters. The molecule has 34 heavy (non-hydrogen) atoms. The Morgan fingerprint density at radius 2 is 1.85 bits per heavy atom. The maximum Gasteiger partial charge on any atom is 0.234 e. The van der Waals surface area contributed by atoms with Crippen LogP contribution in [0.4, 0.5) is 5.69 Å². The van der Waals surface area contributed by atoms with Gasteiger partial charge in [0.25, 0.3) is 0 Å². The highest BCUT2D eigenvalue weighted by Gasteiger charge is 2.15. The summed E-state index contributed by atoms with van der Waals surface area (Å²) in [6.07, 6.45) is 0. The third-order valence-electron chi connectivity index (χ3n) is 5.80. The topological polar surface area (TPSA) is 69.0 Å². The molecule has 1 N–H and O–H groups in total. The highest BCUT2D eigenvalue weighted by molar-refractivity contribution is 9.10. The number of rotatable bonds is 8. The van der Waals surface area contributed by atoms with Gasteiger partial charge in [0.15, 0.2) is 11.0 Å².